The van der Waals surface area contributed by atoms with E-state index in [4.69, 9.17) is 0 Å². The second-order valence-electron chi connectivity index (χ2n) is 6.00. The number of nitrogens with one attached hydrogen (secondary N) is 2. The van der Waals surface area contributed by atoms with E-state index >= 15 is 0 Å². The molecule has 0 bridgehead atoms. The van der Waals surface area contributed by atoms with Crippen molar-refractivity contribution in [1.82, 2.24) is 15.5 Å². The molecule has 0 spiro atoms. The van der Waals surface area contributed by atoms with Gasteiger partial charge in [-0.1, -0.05) is 12.8 Å². The molecule has 0 aromatic carbocycles. The summed E-state index contributed by atoms with van der Waals surface area (Å²) >= 11 is 0. The lowest BCUT2D eigenvalue weighted by atomic mass is 10.00. The van der Waals surface area contributed by atoms with Gasteiger partial charge in [0.05, 0.1) is 6.54 Å². The first kappa shape index (κ1) is 18.2. The predicted molar refractivity (Wildman–Crippen MR) is 85.5 cm³/mol. The van der Waals surface area contributed by atoms with E-state index in [1.165, 1.54) is 19.3 Å². The molecule has 5 nitrogen and oxygen atoms in total. The first-order valence-electron chi connectivity index (χ1n) is 8.01. The number of hydrogen-bond acceptors (Lipinski definition) is 3. The summed E-state index contributed by atoms with van der Waals surface area (Å²) < 4.78 is 0. The number of halogens is 1. The van der Waals surface area contributed by atoms with Crippen molar-refractivity contribution in [3.05, 3.63) is 0 Å². The lowest BCUT2D eigenvalue weighted by Gasteiger charge is -2.26. The Bertz CT molecular complexity index is 333. The Labute approximate surface area is 133 Å². The van der Waals surface area contributed by atoms with Crippen LogP contribution in [0.15, 0.2) is 0 Å². The van der Waals surface area contributed by atoms with Crippen molar-refractivity contribution in [3.8, 4) is 0 Å². The Morgan fingerprint density at radius 2 is 2.05 bits per heavy atom. The number of carbonyl (C=O) groups excluding carboxylic acids is 2. The van der Waals surface area contributed by atoms with Gasteiger partial charge in [-0.2, -0.15) is 0 Å². The van der Waals surface area contributed by atoms with Crippen LogP contribution in [0.1, 0.15) is 44.9 Å². The van der Waals surface area contributed by atoms with E-state index in [-0.39, 0.29) is 30.8 Å². The molecule has 21 heavy (non-hydrogen) atoms. The largest absolute Gasteiger partial charge is 0.354 e. The van der Waals surface area contributed by atoms with Gasteiger partial charge in [-0.25, -0.2) is 0 Å². The van der Waals surface area contributed by atoms with Crippen molar-refractivity contribution in [2.75, 3.05) is 32.7 Å². The molecule has 6 heteroatoms. The number of hydrogen-bond donors (Lipinski definition) is 2. The highest BCUT2D eigenvalue weighted by Gasteiger charge is 2.19. The van der Waals surface area contributed by atoms with E-state index in [2.05, 4.69) is 10.6 Å². The van der Waals surface area contributed by atoms with Crippen molar-refractivity contribution >= 4 is 24.2 Å². The van der Waals surface area contributed by atoms with Crippen LogP contribution < -0.4 is 10.6 Å². The van der Waals surface area contributed by atoms with Crippen LogP contribution in [0.3, 0.4) is 0 Å². The molecule has 2 fully saturated rings. The molecular weight excluding hydrogens is 290 g/mol. The molecule has 1 unspecified atom stereocenters. The van der Waals surface area contributed by atoms with E-state index in [0.29, 0.717) is 12.3 Å². The maximum Gasteiger partial charge on any atom is 0.239 e. The Morgan fingerprint density at radius 1 is 1.24 bits per heavy atom. The summed E-state index contributed by atoms with van der Waals surface area (Å²) in [6.45, 7) is 3.78. The lowest BCUT2D eigenvalue weighted by Crippen LogP contribution is -2.44. The van der Waals surface area contributed by atoms with Gasteiger partial charge in [-0.05, 0) is 44.7 Å². The van der Waals surface area contributed by atoms with E-state index in [0.717, 1.165) is 45.4 Å². The summed E-state index contributed by atoms with van der Waals surface area (Å²) in [5.41, 5.74) is 0. The molecule has 2 N–H and O–H groups in total. The topological polar surface area (TPSA) is 61.4 Å². The van der Waals surface area contributed by atoms with Crippen molar-refractivity contribution in [2.45, 2.75) is 44.9 Å². The van der Waals surface area contributed by atoms with Crippen LogP contribution in [-0.2, 0) is 9.59 Å². The highest BCUT2D eigenvalue weighted by molar-refractivity contribution is 5.85. The maximum absolute atomic E-state index is 12.0. The Morgan fingerprint density at radius 3 is 2.81 bits per heavy atom. The third kappa shape index (κ3) is 6.66. The molecular formula is C15H28ClN3O2. The summed E-state index contributed by atoms with van der Waals surface area (Å²) in [7, 11) is 0. The van der Waals surface area contributed by atoms with Crippen LogP contribution in [0.2, 0.25) is 0 Å². The van der Waals surface area contributed by atoms with Crippen LogP contribution in [0.4, 0.5) is 0 Å². The van der Waals surface area contributed by atoms with Gasteiger partial charge in [0.1, 0.15) is 0 Å². The van der Waals surface area contributed by atoms with Gasteiger partial charge in [0.2, 0.25) is 11.8 Å². The Hall–Kier alpha value is -0.810. The normalized spacial score (nSPS) is 23.7. The molecule has 2 saturated heterocycles. The Kier molecular flexibility index (Phi) is 8.69. The minimum atomic E-state index is -0.00973. The second-order valence-corrected chi connectivity index (χ2v) is 6.00. The van der Waals surface area contributed by atoms with Crippen molar-refractivity contribution in [1.29, 1.82) is 0 Å². The number of piperidine rings is 1. The fourth-order valence-electron chi connectivity index (χ4n) is 2.97. The molecule has 0 saturated carbocycles. The van der Waals surface area contributed by atoms with Gasteiger partial charge in [0, 0.05) is 19.5 Å². The summed E-state index contributed by atoms with van der Waals surface area (Å²) in [6, 6.07) is 0. The number of rotatable bonds is 4. The van der Waals surface area contributed by atoms with Crippen LogP contribution in [0.5, 0.6) is 0 Å². The van der Waals surface area contributed by atoms with Gasteiger partial charge in [-0.15, -0.1) is 12.4 Å². The molecule has 0 radical (unpaired) electrons. The molecule has 0 aromatic heterocycles. The van der Waals surface area contributed by atoms with Gasteiger partial charge in [0.15, 0.2) is 0 Å². The molecule has 1 atom stereocenters. The predicted octanol–water partition coefficient (Wildman–Crippen LogP) is 1.32. The maximum atomic E-state index is 12.0. The number of likely N-dealkylation sites (tertiary alicyclic amines) is 1. The van der Waals surface area contributed by atoms with Crippen LogP contribution in [0.25, 0.3) is 0 Å². The fraction of sp³-hybridized carbons (Fsp3) is 0.867. The zero-order chi connectivity index (χ0) is 14.2. The van der Waals surface area contributed by atoms with Crippen LogP contribution in [0, 0.1) is 5.92 Å². The smallest absolute Gasteiger partial charge is 0.239 e. The second kappa shape index (κ2) is 10.0. The number of carbonyl (C=O) groups is 2. The Balaban J connectivity index is 0.00000220. The first-order valence-corrected chi connectivity index (χ1v) is 8.01. The summed E-state index contributed by atoms with van der Waals surface area (Å²) in [6.07, 6.45) is 7.25. The summed E-state index contributed by atoms with van der Waals surface area (Å²) in [5, 5.41) is 6.33. The number of nitrogens with zero attached hydrogens (tertiary/aromatic N) is 1. The zero-order valence-corrected chi connectivity index (χ0v) is 13.6. The summed E-state index contributed by atoms with van der Waals surface area (Å²) in [5.74, 6) is 0.666. The van der Waals surface area contributed by atoms with Crippen LogP contribution >= 0.6 is 12.4 Å². The van der Waals surface area contributed by atoms with E-state index < -0.39 is 0 Å². The standard InChI is InChI=1S/C15H27N3O2.ClH/c19-14(17-11-13-6-5-8-16-10-13)12-18-9-4-2-1-3-7-15(18)20;/h13,16H,1-12H2,(H,17,19);1H. The molecule has 122 valence electrons. The third-order valence-corrected chi connectivity index (χ3v) is 4.24. The van der Waals surface area contributed by atoms with Crippen molar-refractivity contribution < 1.29 is 9.59 Å². The van der Waals surface area contributed by atoms with Gasteiger partial charge >= 0.3 is 0 Å². The van der Waals surface area contributed by atoms with E-state index in [1.807, 2.05) is 0 Å². The van der Waals surface area contributed by atoms with Gasteiger partial charge in [0.25, 0.3) is 0 Å². The number of amides is 2. The monoisotopic (exact) mass is 317 g/mol. The van der Waals surface area contributed by atoms with E-state index in [1.54, 1.807) is 4.90 Å². The van der Waals surface area contributed by atoms with Crippen LogP contribution in [-0.4, -0.2) is 49.4 Å². The van der Waals surface area contributed by atoms with Crippen molar-refractivity contribution in [2.24, 2.45) is 5.92 Å². The lowest BCUT2D eigenvalue weighted by molar-refractivity contribution is -0.136. The highest BCUT2D eigenvalue weighted by atomic mass is 35.5. The SMILES string of the molecule is Cl.O=C(CN1CCCCCCC1=O)NCC1CCCNC1. The third-order valence-electron chi connectivity index (χ3n) is 4.24. The molecule has 2 aliphatic rings. The molecule has 2 heterocycles. The summed E-state index contributed by atoms with van der Waals surface area (Å²) in [4.78, 5) is 25.6. The average Bonchev–Trinajstić information content (AvgIpc) is 2.46. The van der Waals surface area contributed by atoms with Crippen molar-refractivity contribution in [3.63, 3.8) is 0 Å². The quantitative estimate of drug-likeness (QED) is 0.822. The molecule has 0 aliphatic carbocycles. The minimum Gasteiger partial charge on any atom is -0.354 e. The van der Waals surface area contributed by atoms with Gasteiger partial charge < -0.3 is 15.5 Å². The van der Waals surface area contributed by atoms with E-state index in [9.17, 15) is 9.59 Å². The molecule has 2 rings (SSSR count). The van der Waals surface area contributed by atoms with Gasteiger partial charge in [-0.3, -0.25) is 9.59 Å². The minimum absolute atomic E-state index is 0. The molecule has 2 amide bonds. The fourth-order valence-corrected chi connectivity index (χ4v) is 2.97. The average molecular weight is 318 g/mol. The molecule has 0 aromatic rings. The molecule has 2 aliphatic heterocycles. The first-order chi connectivity index (χ1) is 9.75. The highest BCUT2D eigenvalue weighted by Crippen LogP contribution is 2.11. The zero-order valence-electron chi connectivity index (χ0n) is 12.7.